The molecule has 1 fully saturated rings. The zero-order valence-corrected chi connectivity index (χ0v) is 9.67. The molecular formula is C12H14ClNO2. The van der Waals surface area contributed by atoms with Crippen LogP contribution in [0.3, 0.4) is 0 Å². The standard InChI is InChI=1S/C12H14ClNO2/c13-10-2-1-3-11(8-10)14-12(15)9-4-6-16-7-5-9/h1-3,8-9H,4-7H2,(H,14,15). The summed E-state index contributed by atoms with van der Waals surface area (Å²) in [6.07, 6.45) is 1.60. The highest BCUT2D eigenvalue weighted by atomic mass is 35.5. The summed E-state index contributed by atoms with van der Waals surface area (Å²) < 4.78 is 5.22. The zero-order valence-electron chi connectivity index (χ0n) is 8.91. The topological polar surface area (TPSA) is 38.3 Å². The summed E-state index contributed by atoms with van der Waals surface area (Å²) in [6, 6.07) is 7.19. The number of amides is 1. The molecule has 86 valence electrons. The Labute approximate surface area is 99.7 Å². The summed E-state index contributed by atoms with van der Waals surface area (Å²) >= 11 is 5.84. The Morgan fingerprint density at radius 3 is 2.81 bits per heavy atom. The maximum Gasteiger partial charge on any atom is 0.227 e. The van der Waals surface area contributed by atoms with E-state index >= 15 is 0 Å². The molecule has 0 unspecified atom stereocenters. The third-order valence-electron chi connectivity index (χ3n) is 2.68. The van der Waals surface area contributed by atoms with Gasteiger partial charge in [0.2, 0.25) is 5.91 Å². The van der Waals surface area contributed by atoms with Gasteiger partial charge >= 0.3 is 0 Å². The fourth-order valence-electron chi connectivity index (χ4n) is 1.77. The first-order valence-electron chi connectivity index (χ1n) is 5.40. The first kappa shape index (κ1) is 11.4. The number of ether oxygens (including phenoxy) is 1. The Kier molecular flexibility index (Phi) is 3.80. The van der Waals surface area contributed by atoms with Gasteiger partial charge in [0.1, 0.15) is 0 Å². The largest absolute Gasteiger partial charge is 0.381 e. The summed E-state index contributed by atoms with van der Waals surface area (Å²) in [4.78, 5) is 11.9. The van der Waals surface area contributed by atoms with Gasteiger partial charge in [-0.3, -0.25) is 4.79 Å². The maximum atomic E-state index is 11.9. The molecule has 16 heavy (non-hydrogen) atoms. The fraction of sp³-hybridized carbons (Fsp3) is 0.417. The van der Waals surface area contributed by atoms with Crippen molar-refractivity contribution in [1.82, 2.24) is 0 Å². The van der Waals surface area contributed by atoms with E-state index in [4.69, 9.17) is 16.3 Å². The minimum Gasteiger partial charge on any atom is -0.381 e. The SMILES string of the molecule is O=C(Nc1cccc(Cl)c1)C1CCOCC1. The van der Waals surface area contributed by atoms with Gasteiger partial charge < -0.3 is 10.1 Å². The second-order valence-corrected chi connectivity index (χ2v) is 4.32. The normalized spacial score (nSPS) is 17.1. The molecule has 1 aromatic rings. The van der Waals surface area contributed by atoms with Gasteiger partial charge in [-0.1, -0.05) is 17.7 Å². The molecule has 0 bridgehead atoms. The van der Waals surface area contributed by atoms with E-state index in [1.54, 1.807) is 12.1 Å². The Morgan fingerprint density at radius 1 is 1.38 bits per heavy atom. The van der Waals surface area contributed by atoms with Gasteiger partial charge in [0.05, 0.1) is 0 Å². The van der Waals surface area contributed by atoms with Gasteiger partial charge in [-0.15, -0.1) is 0 Å². The zero-order chi connectivity index (χ0) is 11.4. The fourth-order valence-corrected chi connectivity index (χ4v) is 1.96. The number of rotatable bonds is 2. The number of benzene rings is 1. The Balaban J connectivity index is 1.96. The molecule has 0 atom stereocenters. The second kappa shape index (κ2) is 5.32. The smallest absolute Gasteiger partial charge is 0.227 e. The molecule has 1 N–H and O–H groups in total. The minimum atomic E-state index is 0.0607. The van der Waals surface area contributed by atoms with Gasteiger partial charge in [-0.2, -0.15) is 0 Å². The van der Waals surface area contributed by atoms with E-state index in [-0.39, 0.29) is 11.8 Å². The van der Waals surface area contributed by atoms with Crippen molar-refractivity contribution in [3.05, 3.63) is 29.3 Å². The van der Waals surface area contributed by atoms with Crippen LogP contribution < -0.4 is 5.32 Å². The molecule has 0 aliphatic carbocycles. The van der Waals surface area contributed by atoms with E-state index < -0.39 is 0 Å². The Morgan fingerprint density at radius 2 is 2.12 bits per heavy atom. The molecule has 3 nitrogen and oxygen atoms in total. The lowest BCUT2D eigenvalue weighted by Gasteiger charge is -2.21. The van der Waals surface area contributed by atoms with Crippen LogP contribution in [0.5, 0.6) is 0 Å². The Hall–Kier alpha value is -1.06. The molecule has 0 aromatic heterocycles. The minimum absolute atomic E-state index is 0.0607. The molecule has 0 spiro atoms. The summed E-state index contributed by atoms with van der Waals surface area (Å²) in [6.45, 7) is 1.35. The molecule has 1 heterocycles. The molecule has 4 heteroatoms. The molecule has 1 aliphatic heterocycles. The molecule has 2 rings (SSSR count). The van der Waals surface area contributed by atoms with Crippen LogP contribution in [-0.4, -0.2) is 19.1 Å². The first-order chi connectivity index (χ1) is 7.75. The van der Waals surface area contributed by atoms with E-state index in [1.165, 1.54) is 0 Å². The van der Waals surface area contributed by atoms with Crippen molar-refractivity contribution in [1.29, 1.82) is 0 Å². The van der Waals surface area contributed by atoms with Gasteiger partial charge in [-0.05, 0) is 31.0 Å². The van der Waals surface area contributed by atoms with E-state index in [0.717, 1.165) is 18.5 Å². The lowest BCUT2D eigenvalue weighted by atomic mass is 9.99. The van der Waals surface area contributed by atoms with Crippen LogP contribution in [0.2, 0.25) is 5.02 Å². The number of carbonyl (C=O) groups is 1. The van der Waals surface area contributed by atoms with Crippen LogP contribution >= 0.6 is 11.6 Å². The molecule has 0 saturated carbocycles. The number of nitrogens with one attached hydrogen (secondary N) is 1. The molecular weight excluding hydrogens is 226 g/mol. The third-order valence-corrected chi connectivity index (χ3v) is 2.92. The average molecular weight is 240 g/mol. The van der Waals surface area contributed by atoms with Crippen LogP contribution in [0.1, 0.15) is 12.8 Å². The number of anilines is 1. The lowest BCUT2D eigenvalue weighted by molar-refractivity contribution is -0.122. The van der Waals surface area contributed by atoms with Crippen molar-refractivity contribution < 1.29 is 9.53 Å². The lowest BCUT2D eigenvalue weighted by Crippen LogP contribution is -2.28. The van der Waals surface area contributed by atoms with Crippen molar-refractivity contribution in [2.24, 2.45) is 5.92 Å². The highest BCUT2D eigenvalue weighted by molar-refractivity contribution is 6.30. The van der Waals surface area contributed by atoms with Crippen molar-refractivity contribution in [2.45, 2.75) is 12.8 Å². The summed E-state index contributed by atoms with van der Waals surface area (Å²) in [5.74, 6) is 0.123. The number of halogens is 1. The van der Waals surface area contributed by atoms with Crippen LogP contribution in [-0.2, 0) is 9.53 Å². The van der Waals surface area contributed by atoms with Gasteiger partial charge in [0.25, 0.3) is 0 Å². The van der Waals surface area contributed by atoms with E-state index in [2.05, 4.69) is 5.32 Å². The van der Waals surface area contributed by atoms with E-state index in [0.29, 0.717) is 18.2 Å². The third kappa shape index (κ3) is 2.97. The molecule has 1 aliphatic rings. The second-order valence-electron chi connectivity index (χ2n) is 3.89. The van der Waals surface area contributed by atoms with E-state index in [9.17, 15) is 4.79 Å². The molecule has 1 saturated heterocycles. The first-order valence-corrected chi connectivity index (χ1v) is 5.77. The number of hydrogen-bond acceptors (Lipinski definition) is 2. The predicted octanol–water partition coefficient (Wildman–Crippen LogP) is 2.71. The van der Waals surface area contributed by atoms with E-state index in [1.807, 2.05) is 12.1 Å². The van der Waals surface area contributed by atoms with Crippen LogP contribution in [0.4, 0.5) is 5.69 Å². The number of hydrogen-bond donors (Lipinski definition) is 1. The molecule has 1 aromatic carbocycles. The predicted molar refractivity (Wildman–Crippen MR) is 63.6 cm³/mol. The highest BCUT2D eigenvalue weighted by Crippen LogP contribution is 2.19. The van der Waals surface area contributed by atoms with Crippen LogP contribution in [0, 0.1) is 5.92 Å². The molecule has 1 amide bonds. The summed E-state index contributed by atoms with van der Waals surface area (Å²) in [7, 11) is 0. The maximum absolute atomic E-state index is 11.9. The quantitative estimate of drug-likeness (QED) is 0.862. The van der Waals surface area contributed by atoms with Crippen LogP contribution in [0.25, 0.3) is 0 Å². The van der Waals surface area contributed by atoms with Gasteiger partial charge in [-0.25, -0.2) is 0 Å². The van der Waals surface area contributed by atoms with Crippen molar-refractivity contribution in [3.63, 3.8) is 0 Å². The average Bonchev–Trinajstić information content (AvgIpc) is 2.30. The highest BCUT2D eigenvalue weighted by Gasteiger charge is 2.21. The van der Waals surface area contributed by atoms with Gasteiger partial charge in [0, 0.05) is 29.8 Å². The van der Waals surface area contributed by atoms with Crippen molar-refractivity contribution in [3.8, 4) is 0 Å². The Bertz CT molecular complexity index is 375. The molecule has 0 radical (unpaired) electrons. The van der Waals surface area contributed by atoms with Crippen molar-refractivity contribution >= 4 is 23.2 Å². The summed E-state index contributed by atoms with van der Waals surface area (Å²) in [5, 5.41) is 3.50. The van der Waals surface area contributed by atoms with Crippen molar-refractivity contribution in [2.75, 3.05) is 18.5 Å². The monoisotopic (exact) mass is 239 g/mol. The number of carbonyl (C=O) groups excluding carboxylic acids is 1. The van der Waals surface area contributed by atoms with Crippen LogP contribution in [0.15, 0.2) is 24.3 Å². The van der Waals surface area contributed by atoms with Gasteiger partial charge in [0.15, 0.2) is 0 Å². The summed E-state index contributed by atoms with van der Waals surface area (Å²) in [5.41, 5.74) is 0.754.